The largest absolute Gasteiger partial charge is 0.325 e. The molecule has 0 aromatic rings. The molecule has 1 aliphatic carbocycles. The van der Waals surface area contributed by atoms with Gasteiger partial charge in [-0.15, -0.1) is 0 Å². The second kappa shape index (κ2) is 6.03. The number of likely N-dealkylation sites (tertiary alicyclic amines) is 1. The summed E-state index contributed by atoms with van der Waals surface area (Å²) in [7, 11) is 0. The third-order valence-electron chi connectivity index (χ3n) is 5.58. The van der Waals surface area contributed by atoms with E-state index in [1.807, 2.05) is 13.8 Å². The Kier molecular flexibility index (Phi) is 4.26. The van der Waals surface area contributed by atoms with E-state index in [9.17, 15) is 9.59 Å². The molecule has 2 aliphatic heterocycles. The maximum atomic E-state index is 12.7. The smallest absolute Gasteiger partial charge is 0.323 e. The lowest BCUT2D eigenvalue weighted by Crippen LogP contribution is -2.57. The Morgan fingerprint density at radius 3 is 2.77 bits per heavy atom. The molecule has 0 saturated carbocycles. The van der Waals surface area contributed by atoms with Crippen molar-refractivity contribution in [3.63, 3.8) is 0 Å². The van der Waals surface area contributed by atoms with Crippen LogP contribution in [0.15, 0.2) is 12.2 Å². The van der Waals surface area contributed by atoms with Crippen molar-refractivity contribution < 1.29 is 9.59 Å². The minimum atomic E-state index is -0.732. The zero-order valence-electron chi connectivity index (χ0n) is 13.7. The van der Waals surface area contributed by atoms with Gasteiger partial charge >= 0.3 is 6.03 Å². The van der Waals surface area contributed by atoms with E-state index in [0.29, 0.717) is 12.6 Å². The topological polar surface area (TPSA) is 52.7 Å². The number of carbonyl (C=O) groups is 2. The average Bonchev–Trinajstić information content (AvgIpc) is 2.78. The van der Waals surface area contributed by atoms with E-state index >= 15 is 0 Å². The van der Waals surface area contributed by atoms with Crippen LogP contribution < -0.4 is 5.32 Å². The normalized spacial score (nSPS) is 36.7. The zero-order valence-corrected chi connectivity index (χ0v) is 13.7. The number of hydrogen-bond donors (Lipinski definition) is 1. The van der Waals surface area contributed by atoms with Gasteiger partial charge in [-0.2, -0.15) is 0 Å². The first-order valence-electron chi connectivity index (χ1n) is 8.61. The Labute approximate surface area is 132 Å². The molecule has 5 heteroatoms. The minimum absolute atomic E-state index is 0.0500. The van der Waals surface area contributed by atoms with Gasteiger partial charge in [0.15, 0.2) is 0 Å². The highest BCUT2D eigenvalue weighted by atomic mass is 16.2. The fourth-order valence-corrected chi connectivity index (χ4v) is 4.16. The van der Waals surface area contributed by atoms with Gasteiger partial charge in [0.25, 0.3) is 5.91 Å². The van der Waals surface area contributed by atoms with Crippen LogP contribution in [-0.2, 0) is 4.79 Å². The molecule has 0 aromatic heterocycles. The maximum Gasteiger partial charge on any atom is 0.325 e. The Hall–Kier alpha value is -1.36. The van der Waals surface area contributed by atoms with Gasteiger partial charge in [-0.05, 0) is 52.5 Å². The van der Waals surface area contributed by atoms with Crippen LogP contribution in [-0.4, -0.2) is 53.0 Å². The number of rotatable bonds is 3. The number of nitrogens with one attached hydrogen (secondary N) is 1. The van der Waals surface area contributed by atoms with Crippen molar-refractivity contribution in [2.45, 2.75) is 57.5 Å². The number of urea groups is 1. The van der Waals surface area contributed by atoms with Crippen LogP contribution in [0.3, 0.4) is 0 Å². The summed E-state index contributed by atoms with van der Waals surface area (Å²) in [6.45, 7) is 6.20. The lowest BCUT2D eigenvalue weighted by molar-refractivity contribution is -0.133. The molecule has 0 unspecified atom stereocenters. The number of amides is 3. The van der Waals surface area contributed by atoms with E-state index in [2.05, 4.69) is 22.4 Å². The Bertz CT molecular complexity index is 490. The number of piperidine rings is 1. The predicted octanol–water partition coefficient (Wildman–Crippen LogP) is 2.14. The summed E-state index contributed by atoms with van der Waals surface area (Å²) in [6.07, 6.45) is 10.3. The predicted molar refractivity (Wildman–Crippen MR) is 85.4 cm³/mol. The number of allylic oxidation sites excluding steroid dienone is 1. The molecular formula is C17H27N3O2. The molecule has 0 radical (unpaired) electrons. The fourth-order valence-electron chi connectivity index (χ4n) is 4.16. The highest BCUT2D eigenvalue weighted by molar-refractivity contribution is 6.07. The third kappa shape index (κ3) is 2.56. The Morgan fingerprint density at radius 1 is 1.32 bits per heavy atom. The molecular weight excluding hydrogens is 278 g/mol. The second-order valence-electron chi connectivity index (χ2n) is 6.94. The van der Waals surface area contributed by atoms with Crippen LogP contribution >= 0.6 is 0 Å². The molecule has 2 heterocycles. The molecule has 0 spiro atoms. The van der Waals surface area contributed by atoms with Crippen molar-refractivity contribution in [2.75, 3.05) is 19.6 Å². The molecule has 1 N–H and O–H groups in total. The molecule has 3 amide bonds. The summed E-state index contributed by atoms with van der Waals surface area (Å²) >= 11 is 0. The van der Waals surface area contributed by atoms with E-state index in [0.717, 1.165) is 25.9 Å². The van der Waals surface area contributed by atoms with Crippen molar-refractivity contribution in [1.29, 1.82) is 0 Å². The van der Waals surface area contributed by atoms with Crippen LogP contribution in [0.4, 0.5) is 4.79 Å². The minimum Gasteiger partial charge on any atom is -0.323 e. The number of hydrogen-bond acceptors (Lipinski definition) is 3. The third-order valence-corrected chi connectivity index (χ3v) is 5.58. The number of likely N-dealkylation sites (N-methyl/N-ethyl adjacent to an activating group) is 1. The molecule has 0 aromatic carbocycles. The number of imide groups is 1. The molecule has 5 nitrogen and oxygen atoms in total. The van der Waals surface area contributed by atoms with E-state index in [4.69, 9.17) is 0 Å². The highest BCUT2D eigenvalue weighted by Crippen LogP contribution is 2.34. The summed E-state index contributed by atoms with van der Waals surface area (Å²) in [5.74, 6) is 0.149. The van der Waals surface area contributed by atoms with Crippen LogP contribution in [0, 0.1) is 5.92 Å². The SMILES string of the molecule is CCN1C(=O)N[C@](C)([C@H]2CCCN([C@@H]3C=CCCC3)C2)C1=O. The lowest BCUT2D eigenvalue weighted by atomic mass is 9.79. The van der Waals surface area contributed by atoms with Gasteiger partial charge < -0.3 is 5.32 Å². The quantitative estimate of drug-likeness (QED) is 0.642. The van der Waals surface area contributed by atoms with Crippen molar-refractivity contribution in [3.05, 3.63) is 12.2 Å². The summed E-state index contributed by atoms with van der Waals surface area (Å²) in [6, 6.07) is 0.277. The van der Waals surface area contributed by atoms with E-state index in [1.165, 1.54) is 24.2 Å². The summed E-state index contributed by atoms with van der Waals surface area (Å²) < 4.78 is 0. The van der Waals surface area contributed by atoms with E-state index < -0.39 is 5.54 Å². The van der Waals surface area contributed by atoms with Gasteiger partial charge in [-0.1, -0.05) is 12.2 Å². The number of carbonyl (C=O) groups excluding carboxylic acids is 2. The first kappa shape index (κ1) is 15.5. The van der Waals surface area contributed by atoms with Crippen molar-refractivity contribution in [1.82, 2.24) is 15.1 Å². The number of nitrogens with zero attached hydrogens (tertiary/aromatic N) is 2. The fraction of sp³-hybridized carbons (Fsp3) is 0.765. The molecule has 3 atom stereocenters. The standard InChI is InChI=1S/C17H27N3O2/c1-3-20-15(21)17(2,18-16(20)22)13-8-7-11-19(12-13)14-9-5-4-6-10-14/h5,9,13-14H,3-4,6-8,10-12H2,1-2H3,(H,18,22)/t13-,14+,17+/m0/s1. The summed E-state index contributed by atoms with van der Waals surface area (Å²) in [4.78, 5) is 28.5. The first-order valence-corrected chi connectivity index (χ1v) is 8.61. The second-order valence-corrected chi connectivity index (χ2v) is 6.94. The maximum absolute atomic E-state index is 12.7. The summed E-state index contributed by atoms with van der Waals surface area (Å²) in [5, 5.41) is 2.97. The van der Waals surface area contributed by atoms with Gasteiger partial charge in [0.1, 0.15) is 5.54 Å². The van der Waals surface area contributed by atoms with E-state index in [1.54, 1.807) is 0 Å². The van der Waals surface area contributed by atoms with Gasteiger partial charge in [0.05, 0.1) is 0 Å². The summed E-state index contributed by atoms with van der Waals surface area (Å²) in [5.41, 5.74) is -0.732. The molecule has 3 aliphatic rings. The van der Waals surface area contributed by atoms with Gasteiger partial charge in [0.2, 0.25) is 0 Å². The van der Waals surface area contributed by atoms with Crippen molar-refractivity contribution in [3.8, 4) is 0 Å². The van der Waals surface area contributed by atoms with Crippen molar-refractivity contribution >= 4 is 11.9 Å². The first-order chi connectivity index (χ1) is 10.6. The molecule has 22 heavy (non-hydrogen) atoms. The van der Waals surface area contributed by atoms with Gasteiger partial charge in [-0.3, -0.25) is 14.6 Å². The van der Waals surface area contributed by atoms with Crippen LogP contribution in [0.1, 0.15) is 46.0 Å². The molecule has 0 bridgehead atoms. The molecule has 2 saturated heterocycles. The molecule has 122 valence electrons. The van der Waals surface area contributed by atoms with Crippen LogP contribution in [0.2, 0.25) is 0 Å². The van der Waals surface area contributed by atoms with Crippen LogP contribution in [0.5, 0.6) is 0 Å². The average molecular weight is 305 g/mol. The van der Waals surface area contributed by atoms with Gasteiger partial charge in [0, 0.05) is 25.0 Å². The van der Waals surface area contributed by atoms with Crippen LogP contribution in [0.25, 0.3) is 0 Å². The van der Waals surface area contributed by atoms with Gasteiger partial charge in [-0.25, -0.2) is 4.79 Å². The lowest BCUT2D eigenvalue weighted by Gasteiger charge is -2.42. The van der Waals surface area contributed by atoms with E-state index in [-0.39, 0.29) is 17.9 Å². The Balaban J connectivity index is 1.74. The molecule has 3 rings (SSSR count). The molecule has 2 fully saturated rings. The monoisotopic (exact) mass is 305 g/mol. The zero-order chi connectivity index (χ0) is 15.7. The van der Waals surface area contributed by atoms with Crippen molar-refractivity contribution in [2.24, 2.45) is 5.92 Å². The Morgan fingerprint density at radius 2 is 2.14 bits per heavy atom. The highest BCUT2D eigenvalue weighted by Gasteiger charge is 2.52.